The van der Waals surface area contributed by atoms with Crippen molar-refractivity contribution in [1.29, 1.82) is 0 Å². The summed E-state index contributed by atoms with van der Waals surface area (Å²) < 4.78 is 0. The van der Waals surface area contributed by atoms with Gasteiger partial charge in [-0.05, 0) is 38.5 Å². The third-order valence-electron chi connectivity index (χ3n) is 6.06. The van der Waals surface area contributed by atoms with E-state index in [1.807, 2.05) is 0 Å². The van der Waals surface area contributed by atoms with E-state index in [1.54, 1.807) is 0 Å². The van der Waals surface area contributed by atoms with Crippen LogP contribution in [-0.4, -0.2) is 34.6 Å². The van der Waals surface area contributed by atoms with E-state index in [9.17, 15) is 9.90 Å². The fourth-order valence-corrected chi connectivity index (χ4v) is 4.86. The second-order valence-electron chi connectivity index (χ2n) is 7.45. The molecule has 2 saturated carbocycles. The van der Waals surface area contributed by atoms with Gasteiger partial charge in [0.05, 0.1) is 6.10 Å². The number of likely N-dealkylation sites (tertiary alicyclic amines) is 1. The topological polar surface area (TPSA) is 40.5 Å². The lowest BCUT2D eigenvalue weighted by atomic mass is 9.80. The van der Waals surface area contributed by atoms with Crippen LogP contribution in [0.2, 0.25) is 0 Å². The number of hydrogen-bond acceptors (Lipinski definition) is 2. The van der Waals surface area contributed by atoms with Crippen molar-refractivity contribution < 1.29 is 9.90 Å². The van der Waals surface area contributed by atoms with Crippen molar-refractivity contribution in [1.82, 2.24) is 4.90 Å². The first-order valence-corrected chi connectivity index (χ1v) is 9.26. The SMILES string of the molecule is O=C(C1CCCCCC1)N1CCCC1C1CCCCC1O. The van der Waals surface area contributed by atoms with Crippen LogP contribution >= 0.6 is 0 Å². The van der Waals surface area contributed by atoms with Crippen LogP contribution in [0, 0.1) is 11.8 Å². The largest absolute Gasteiger partial charge is 0.393 e. The van der Waals surface area contributed by atoms with Crippen LogP contribution in [0.3, 0.4) is 0 Å². The average Bonchev–Trinajstić information content (AvgIpc) is 2.81. The van der Waals surface area contributed by atoms with Gasteiger partial charge in [0.25, 0.3) is 0 Å². The molecule has 0 bridgehead atoms. The van der Waals surface area contributed by atoms with Crippen molar-refractivity contribution >= 4 is 5.91 Å². The Bertz CT molecular complexity index is 349. The number of aliphatic hydroxyl groups is 1. The molecule has 0 radical (unpaired) electrons. The normalized spacial score (nSPS) is 35.7. The van der Waals surface area contributed by atoms with E-state index in [0.717, 1.165) is 51.5 Å². The van der Waals surface area contributed by atoms with Crippen LogP contribution in [0.5, 0.6) is 0 Å². The molecule has 1 saturated heterocycles. The molecular formula is C18H31NO2. The number of carbonyl (C=O) groups excluding carboxylic acids is 1. The summed E-state index contributed by atoms with van der Waals surface area (Å²) in [5, 5.41) is 10.3. The molecule has 3 fully saturated rings. The molecule has 3 unspecified atom stereocenters. The Hall–Kier alpha value is -0.570. The lowest BCUT2D eigenvalue weighted by Crippen LogP contribution is -2.47. The van der Waals surface area contributed by atoms with E-state index in [2.05, 4.69) is 4.90 Å². The first-order valence-electron chi connectivity index (χ1n) is 9.26. The molecule has 0 aromatic heterocycles. The summed E-state index contributed by atoms with van der Waals surface area (Å²) in [4.78, 5) is 15.1. The standard InChI is InChI=1S/C18H31NO2/c20-17-12-6-5-10-15(17)16-11-7-13-19(16)18(21)14-8-3-1-2-4-9-14/h14-17,20H,1-13H2. The van der Waals surface area contributed by atoms with E-state index in [1.165, 1.54) is 32.1 Å². The fraction of sp³-hybridized carbons (Fsp3) is 0.944. The zero-order valence-electron chi connectivity index (χ0n) is 13.3. The van der Waals surface area contributed by atoms with Crippen molar-refractivity contribution in [2.45, 2.75) is 89.2 Å². The van der Waals surface area contributed by atoms with Crippen molar-refractivity contribution in [3.8, 4) is 0 Å². The highest BCUT2D eigenvalue weighted by atomic mass is 16.3. The van der Waals surface area contributed by atoms with Gasteiger partial charge < -0.3 is 10.0 Å². The van der Waals surface area contributed by atoms with E-state index < -0.39 is 0 Å². The molecule has 21 heavy (non-hydrogen) atoms. The summed E-state index contributed by atoms with van der Waals surface area (Å²) in [6, 6.07) is 0.330. The van der Waals surface area contributed by atoms with Gasteiger partial charge in [-0.2, -0.15) is 0 Å². The number of rotatable bonds is 2. The summed E-state index contributed by atoms with van der Waals surface area (Å²) in [5.74, 6) is 1.03. The highest BCUT2D eigenvalue weighted by Gasteiger charge is 2.40. The van der Waals surface area contributed by atoms with Gasteiger partial charge in [-0.1, -0.05) is 38.5 Å². The van der Waals surface area contributed by atoms with Crippen LogP contribution in [0.4, 0.5) is 0 Å². The molecule has 1 aliphatic heterocycles. The molecule has 0 aromatic carbocycles. The van der Waals surface area contributed by atoms with E-state index >= 15 is 0 Å². The van der Waals surface area contributed by atoms with E-state index in [4.69, 9.17) is 0 Å². The molecule has 0 spiro atoms. The lowest BCUT2D eigenvalue weighted by molar-refractivity contribution is -0.139. The molecule has 3 nitrogen and oxygen atoms in total. The molecule has 3 rings (SSSR count). The minimum absolute atomic E-state index is 0.175. The monoisotopic (exact) mass is 293 g/mol. The zero-order valence-corrected chi connectivity index (χ0v) is 13.3. The van der Waals surface area contributed by atoms with Crippen LogP contribution in [0.25, 0.3) is 0 Å². The van der Waals surface area contributed by atoms with E-state index in [0.29, 0.717) is 17.9 Å². The highest BCUT2D eigenvalue weighted by molar-refractivity contribution is 5.79. The Kier molecular flexibility index (Phi) is 5.20. The number of carbonyl (C=O) groups is 1. The second kappa shape index (κ2) is 7.13. The maximum Gasteiger partial charge on any atom is 0.225 e. The van der Waals surface area contributed by atoms with Gasteiger partial charge in [-0.15, -0.1) is 0 Å². The van der Waals surface area contributed by atoms with Gasteiger partial charge >= 0.3 is 0 Å². The third kappa shape index (κ3) is 3.44. The van der Waals surface area contributed by atoms with Gasteiger partial charge in [-0.25, -0.2) is 0 Å². The number of aliphatic hydroxyl groups excluding tert-OH is 1. The quantitative estimate of drug-likeness (QED) is 0.792. The minimum Gasteiger partial charge on any atom is -0.393 e. The maximum absolute atomic E-state index is 13.0. The van der Waals surface area contributed by atoms with Crippen LogP contribution in [-0.2, 0) is 4.79 Å². The van der Waals surface area contributed by atoms with Gasteiger partial charge in [0.15, 0.2) is 0 Å². The Balaban J connectivity index is 1.66. The molecule has 0 aromatic rings. The number of hydrogen-bond donors (Lipinski definition) is 1. The summed E-state index contributed by atoms with van der Waals surface area (Å²) in [5.41, 5.74) is 0. The Morgan fingerprint density at radius 3 is 2.19 bits per heavy atom. The Labute approximate surface area is 129 Å². The van der Waals surface area contributed by atoms with Crippen molar-refractivity contribution in [3.63, 3.8) is 0 Å². The molecule has 3 atom stereocenters. The van der Waals surface area contributed by atoms with Gasteiger partial charge in [-0.3, -0.25) is 4.79 Å². The van der Waals surface area contributed by atoms with Crippen LogP contribution in [0.1, 0.15) is 77.0 Å². The first kappa shape index (κ1) is 15.3. The predicted octanol–water partition coefficient (Wildman–Crippen LogP) is 3.50. The number of amides is 1. The van der Waals surface area contributed by atoms with Crippen LogP contribution < -0.4 is 0 Å². The van der Waals surface area contributed by atoms with Gasteiger partial charge in [0.2, 0.25) is 5.91 Å². The smallest absolute Gasteiger partial charge is 0.225 e. The summed E-state index contributed by atoms with van der Waals surface area (Å²) in [6.07, 6.45) is 13.7. The van der Waals surface area contributed by atoms with Crippen molar-refractivity contribution in [3.05, 3.63) is 0 Å². The Morgan fingerprint density at radius 1 is 0.810 bits per heavy atom. The zero-order chi connectivity index (χ0) is 14.7. The summed E-state index contributed by atoms with van der Waals surface area (Å²) in [7, 11) is 0. The highest BCUT2D eigenvalue weighted by Crippen LogP contribution is 2.36. The summed E-state index contributed by atoms with van der Waals surface area (Å²) >= 11 is 0. The maximum atomic E-state index is 13.0. The first-order chi connectivity index (χ1) is 10.3. The fourth-order valence-electron chi connectivity index (χ4n) is 4.86. The van der Waals surface area contributed by atoms with Crippen LogP contribution in [0.15, 0.2) is 0 Å². The van der Waals surface area contributed by atoms with Gasteiger partial charge in [0, 0.05) is 24.4 Å². The molecule has 1 N–H and O–H groups in total. The Morgan fingerprint density at radius 2 is 1.48 bits per heavy atom. The molecular weight excluding hydrogens is 262 g/mol. The number of nitrogens with zero attached hydrogens (tertiary/aromatic N) is 1. The van der Waals surface area contributed by atoms with Crippen molar-refractivity contribution in [2.75, 3.05) is 6.54 Å². The average molecular weight is 293 g/mol. The van der Waals surface area contributed by atoms with Crippen molar-refractivity contribution in [2.24, 2.45) is 11.8 Å². The molecule has 1 heterocycles. The molecule has 3 aliphatic rings. The lowest BCUT2D eigenvalue weighted by Gasteiger charge is -2.38. The molecule has 120 valence electrons. The molecule has 1 amide bonds. The second-order valence-corrected chi connectivity index (χ2v) is 7.45. The molecule has 2 aliphatic carbocycles. The van der Waals surface area contributed by atoms with Gasteiger partial charge in [0.1, 0.15) is 0 Å². The molecule has 3 heteroatoms. The van der Waals surface area contributed by atoms with E-state index in [-0.39, 0.29) is 12.0 Å². The predicted molar refractivity (Wildman–Crippen MR) is 83.9 cm³/mol. The summed E-state index contributed by atoms with van der Waals surface area (Å²) in [6.45, 7) is 0.934. The minimum atomic E-state index is -0.175. The third-order valence-corrected chi connectivity index (χ3v) is 6.06.